The molecule has 4 unspecified atom stereocenters. The first-order valence-electron chi connectivity index (χ1n) is 7.77. The van der Waals surface area contributed by atoms with Crippen LogP contribution in [0.15, 0.2) is 23.8 Å². The van der Waals surface area contributed by atoms with E-state index in [2.05, 4.69) is 30.0 Å². The van der Waals surface area contributed by atoms with Crippen LogP contribution in [0.2, 0.25) is 0 Å². The third-order valence-corrected chi connectivity index (χ3v) is 5.55. The summed E-state index contributed by atoms with van der Waals surface area (Å²) in [4.78, 5) is 2.51. The number of aliphatic hydroxyl groups excluding tert-OH is 1. The second kappa shape index (κ2) is 4.02. The third kappa shape index (κ3) is 1.52. The van der Waals surface area contributed by atoms with Crippen LogP contribution >= 0.6 is 0 Å². The van der Waals surface area contributed by atoms with Crippen LogP contribution in [0.3, 0.4) is 0 Å². The van der Waals surface area contributed by atoms with Crippen LogP contribution in [0.1, 0.15) is 30.4 Å². The highest BCUT2D eigenvalue weighted by molar-refractivity contribution is 5.53. The molecule has 1 saturated heterocycles. The molecule has 1 fully saturated rings. The SMILES string of the molecule is CC1C=C2CCN3Cc4cc5c(cc4C(C1O)C23)OCO5. The largest absolute Gasteiger partial charge is 0.454 e. The van der Waals surface area contributed by atoms with E-state index in [1.165, 1.54) is 16.7 Å². The molecule has 3 aliphatic heterocycles. The van der Waals surface area contributed by atoms with E-state index in [1.807, 2.05) is 0 Å². The van der Waals surface area contributed by atoms with E-state index in [-0.39, 0.29) is 17.9 Å². The van der Waals surface area contributed by atoms with Crippen LogP contribution in [0.25, 0.3) is 0 Å². The van der Waals surface area contributed by atoms with Crippen LogP contribution in [-0.2, 0) is 6.54 Å². The number of hydrogen-bond acceptors (Lipinski definition) is 4. The fraction of sp³-hybridized carbons (Fsp3) is 0.529. The predicted molar refractivity (Wildman–Crippen MR) is 77.4 cm³/mol. The van der Waals surface area contributed by atoms with Gasteiger partial charge in [0.05, 0.1) is 6.10 Å². The predicted octanol–water partition coefficient (Wildman–Crippen LogP) is 2.02. The molecule has 1 aliphatic carbocycles. The van der Waals surface area contributed by atoms with Crippen LogP contribution < -0.4 is 9.47 Å². The molecule has 110 valence electrons. The van der Waals surface area contributed by atoms with Gasteiger partial charge in [0.2, 0.25) is 6.79 Å². The van der Waals surface area contributed by atoms with E-state index < -0.39 is 0 Å². The zero-order valence-electron chi connectivity index (χ0n) is 12.1. The summed E-state index contributed by atoms with van der Waals surface area (Å²) in [6, 6.07) is 4.60. The van der Waals surface area contributed by atoms with Crippen molar-refractivity contribution in [2.45, 2.75) is 38.0 Å². The molecule has 4 heteroatoms. The lowest BCUT2D eigenvalue weighted by Crippen LogP contribution is -2.47. The number of aliphatic hydroxyl groups is 1. The van der Waals surface area contributed by atoms with Gasteiger partial charge >= 0.3 is 0 Å². The highest BCUT2D eigenvalue weighted by Gasteiger charge is 2.48. The lowest BCUT2D eigenvalue weighted by Gasteiger charge is -2.45. The summed E-state index contributed by atoms with van der Waals surface area (Å²) >= 11 is 0. The van der Waals surface area contributed by atoms with Gasteiger partial charge in [-0.1, -0.05) is 18.6 Å². The van der Waals surface area contributed by atoms with Gasteiger partial charge in [-0.15, -0.1) is 0 Å². The number of ether oxygens (including phenoxy) is 2. The van der Waals surface area contributed by atoms with E-state index in [0.29, 0.717) is 12.8 Å². The van der Waals surface area contributed by atoms with Gasteiger partial charge in [-0.2, -0.15) is 0 Å². The van der Waals surface area contributed by atoms with Gasteiger partial charge in [-0.25, -0.2) is 0 Å². The number of rotatable bonds is 0. The number of hydrogen-bond donors (Lipinski definition) is 1. The minimum absolute atomic E-state index is 0.167. The van der Waals surface area contributed by atoms with Crippen molar-refractivity contribution in [3.05, 3.63) is 34.9 Å². The lowest BCUT2D eigenvalue weighted by atomic mass is 9.71. The molecule has 0 amide bonds. The molecule has 4 aliphatic rings. The first-order valence-corrected chi connectivity index (χ1v) is 7.77. The average Bonchev–Trinajstić information content (AvgIpc) is 3.08. The maximum atomic E-state index is 10.8. The summed E-state index contributed by atoms with van der Waals surface area (Å²) in [6.07, 6.45) is 3.11. The van der Waals surface area contributed by atoms with Crippen LogP contribution in [-0.4, -0.2) is 35.5 Å². The third-order valence-electron chi connectivity index (χ3n) is 5.55. The minimum atomic E-state index is -0.321. The van der Waals surface area contributed by atoms with Crippen molar-refractivity contribution >= 4 is 0 Å². The summed E-state index contributed by atoms with van der Waals surface area (Å²) in [5, 5.41) is 10.8. The highest BCUT2D eigenvalue weighted by atomic mass is 16.7. The Morgan fingerprint density at radius 3 is 2.90 bits per heavy atom. The van der Waals surface area contributed by atoms with Gasteiger partial charge in [0.1, 0.15) is 0 Å². The zero-order chi connectivity index (χ0) is 14.1. The number of benzene rings is 1. The van der Waals surface area contributed by atoms with Crippen molar-refractivity contribution in [3.63, 3.8) is 0 Å². The van der Waals surface area contributed by atoms with E-state index in [4.69, 9.17) is 9.47 Å². The Labute approximate surface area is 124 Å². The molecular weight excluding hydrogens is 266 g/mol. The van der Waals surface area contributed by atoms with Crippen molar-refractivity contribution < 1.29 is 14.6 Å². The maximum absolute atomic E-state index is 10.8. The molecule has 0 aromatic heterocycles. The fourth-order valence-corrected chi connectivity index (χ4v) is 4.58. The van der Waals surface area contributed by atoms with Crippen LogP contribution in [0, 0.1) is 5.92 Å². The topological polar surface area (TPSA) is 41.9 Å². The molecule has 21 heavy (non-hydrogen) atoms. The average molecular weight is 285 g/mol. The molecule has 1 aromatic rings. The van der Waals surface area contributed by atoms with Crippen molar-refractivity contribution in [2.75, 3.05) is 13.3 Å². The second-order valence-electron chi connectivity index (χ2n) is 6.69. The number of fused-ring (bicyclic) bond motifs is 3. The Morgan fingerprint density at radius 2 is 2.05 bits per heavy atom. The highest BCUT2D eigenvalue weighted by Crippen LogP contribution is 2.50. The zero-order valence-corrected chi connectivity index (χ0v) is 12.1. The molecule has 4 atom stereocenters. The molecule has 3 heterocycles. The normalized spacial score (nSPS) is 36.2. The summed E-state index contributed by atoms with van der Waals surface area (Å²) in [6.45, 7) is 4.48. The molecular formula is C17H19NO3. The summed E-state index contributed by atoms with van der Waals surface area (Å²) < 4.78 is 11.1. The minimum Gasteiger partial charge on any atom is -0.454 e. The first-order chi connectivity index (χ1) is 10.2. The Hall–Kier alpha value is -1.52. The Balaban J connectivity index is 1.70. The fourth-order valence-electron chi connectivity index (χ4n) is 4.58. The Bertz CT molecular complexity index is 654. The molecule has 0 spiro atoms. The molecule has 5 rings (SSSR count). The van der Waals surface area contributed by atoms with E-state index in [1.54, 1.807) is 0 Å². The van der Waals surface area contributed by atoms with E-state index in [9.17, 15) is 5.11 Å². The number of nitrogens with zero attached hydrogens (tertiary/aromatic N) is 1. The summed E-state index contributed by atoms with van der Waals surface area (Å²) in [5.74, 6) is 2.06. The quantitative estimate of drug-likeness (QED) is 0.741. The van der Waals surface area contributed by atoms with Crippen molar-refractivity contribution in [1.29, 1.82) is 0 Å². The molecule has 0 radical (unpaired) electrons. The molecule has 1 aromatic carbocycles. The lowest BCUT2D eigenvalue weighted by molar-refractivity contribution is 0.0549. The van der Waals surface area contributed by atoms with E-state index >= 15 is 0 Å². The maximum Gasteiger partial charge on any atom is 0.231 e. The van der Waals surface area contributed by atoms with Gasteiger partial charge in [0.15, 0.2) is 11.5 Å². The van der Waals surface area contributed by atoms with Crippen LogP contribution in [0.4, 0.5) is 0 Å². The first kappa shape index (κ1) is 12.1. The monoisotopic (exact) mass is 285 g/mol. The standard InChI is InChI=1S/C17H19NO3/c1-9-4-10-2-3-18-7-11-5-13-14(21-8-20-13)6-12(11)15(16(10)18)17(9)19/h4-6,9,15-17,19H,2-3,7-8H2,1H3. The van der Waals surface area contributed by atoms with Crippen molar-refractivity contribution in [3.8, 4) is 11.5 Å². The smallest absolute Gasteiger partial charge is 0.231 e. The van der Waals surface area contributed by atoms with Crippen molar-refractivity contribution in [1.82, 2.24) is 4.90 Å². The van der Waals surface area contributed by atoms with Gasteiger partial charge in [0.25, 0.3) is 0 Å². The van der Waals surface area contributed by atoms with Gasteiger partial charge < -0.3 is 14.6 Å². The summed E-state index contributed by atoms with van der Waals surface area (Å²) in [5.41, 5.74) is 4.06. The van der Waals surface area contributed by atoms with Gasteiger partial charge in [-0.05, 0) is 29.7 Å². The second-order valence-corrected chi connectivity index (χ2v) is 6.69. The molecule has 1 N–H and O–H groups in total. The van der Waals surface area contributed by atoms with Gasteiger partial charge in [0, 0.05) is 31.0 Å². The van der Waals surface area contributed by atoms with Crippen LogP contribution in [0.5, 0.6) is 11.5 Å². The van der Waals surface area contributed by atoms with Crippen molar-refractivity contribution in [2.24, 2.45) is 5.92 Å². The molecule has 0 saturated carbocycles. The molecule has 4 nitrogen and oxygen atoms in total. The van der Waals surface area contributed by atoms with Gasteiger partial charge in [-0.3, -0.25) is 4.90 Å². The molecule has 0 bridgehead atoms. The summed E-state index contributed by atoms with van der Waals surface area (Å²) in [7, 11) is 0. The Morgan fingerprint density at radius 1 is 1.24 bits per heavy atom. The Kier molecular flexibility index (Phi) is 2.31. The van der Waals surface area contributed by atoms with E-state index in [0.717, 1.165) is 31.0 Å².